The fourth-order valence-electron chi connectivity index (χ4n) is 1.68. The van der Waals surface area contributed by atoms with Crippen LogP contribution in [0.15, 0.2) is 0 Å². The van der Waals surface area contributed by atoms with Crippen LogP contribution in [-0.2, 0) is 0 Å². The van der Waals surface area contributed by atoms with E-state index in [1.807, 2.05) is 0 Å². The monoisotopic (exact) mass is 199 g/mol. The van der Waals surface area contributed by atoms with Crippen LogP contribution in [0.25, 0.3) is 0 Å². The van der Waals surface area contributed by atoms with E-state index in [4.69, 9.17) is 5.41 Å². The Morgan fingerprint density at radius 1 is 1.21 bits per heavy atom. The molecule has 0 aromatic heterocycles. The van der Waals surface area contributed by atoms with Crippen molar-refractivity contribution in [2.24, 2.45) is 5.92 Å². The Balaban J connectivity index is 4.32. The second-order valence-corrected chi connectivity index (χ2v) is 4.44. The van der Waals surface area contributed by atoms with Crippen molar-refractivity contribution in [1.29, 1.82) is 5.41 Å². The summed E-state index contributed by atoms with van der Waals surface area (Å²) in [4.78, 5) is 4.34. The van der Waals surface area contributed by atoms with Gasteiger partial charge >= 0.3 is 0 Å². The summed E-state index contributed by atoms with van der Waals surface area (Å²) in [5, 5.41) is 7.98. The van der Waals surface area contributed by atoms with Crippen LogP contribution in [0.5, 0.6) is 0 Å². The molecule has 0 bridgehead atoms. The van der Waals surface area contributed by atoms with Crippen molar-refractivity contribution >= 4 is 5.84 Å². The predicted octanol–water partition coefficient (Wildman–Crippen LogP) is 1.89. The lowest BCUT2D eigenvalue weighted by Crippen LogP contribution is -2.45. The summed E-state index contributed by atoms with van der Waals surface area (Å²) in [5.41, 5.74) is 0. The topological polar surface area (TPSA) is 30.3 Å². The van der Waals surface area contributed by atoms with Gasteiger partial charge in [-0.2, -0.15) is 0 Å². The van der Waals surface area contributed by atoms with Crippen molar-refractivity contribution in [2.75, 3.05) is 27.2 Å². The van der Waals surface area contributed by atoms with Crippen molar-refractivity contribution in [2.45, 2.75) is 33.7 Å². The zero-order valence-corrected chi connectivity index (χ0v) is 10.5. The van der Waals surface area contributed by atoms with Gasteiger partial charge in [-0.1, -0.05) is 13.8 Å². The van der Waals surface area contributed by atoms with Crippen LogP contribution in [0.2, 0.25) is 0 Å². The number of amidine groups is 1. The van der Waals surface area contributed by atoms with Gasteiger partial charge in [0, 0.05) is 25.0 Å². The first-order chi connectivity index (χ1) is 6.40. The zero-order valence-electron chi connectivity index (χ0n) is 10.5. The van der Waals surface area contributed by atoms with Crippen LogP contribution in [0.4, 0.5) is 0 Å². The molecular formula is C11H25N3. The van der Waals surface area contributed by atoms with Gasteiger partial charge in [-0.3, -0.25) is 5.41 Å². The molecule has 0 saturated carbocycles. The summed E-state index contributed by atoms with van der Waals surface area (Å²) in [6.07, 6.45) is 0. The molecule has 0 heterocycles. The van der Waals surface area contributed by atoms with E-state index in [0.29, 0.717) is 12.0 Å². The maximum absolute atomic E-state index is 7.98. The highest BCUT2D eigenvalue weighted by Gasteiger charge is 2.17. The van der Waals surface area contributed by atoms with Gasteiger partial charge in [0.15, 0.2) is 0 Å². The number of rotatable bonds is 5. The molecule has 0 rings (SSSR count). The summed E-state index contributed by atoms with van der Waals surface area (Å²) >= 11 is 0. The van der Waals surface area contributed by atoms with E-state index in [1.165, 1.54) is 0 Å². The molecule has 3 heteroatoms. The van der Waals surface area contributed by atoms with E-state index >= 15 is 0 Å². The van der Waals surface area contributed by atoms with Gasteiger partial charge < -0.3 is 9.80 Å². The number of hydrogen-bond donors (Lipinski definition) is 1. The maximum atomic E-state index is 7.98. The van der Waals surface area contributed by atoms with Gasteiger partial charge in [-0.25, -0.2) is 0 Å². The molecule has 1 N–H and O–H groups in total. The molecule has 0 saturated heterocycles. The van der Waals surface area contributed by atoms with Crippen LogP contribution in [0.1, 0.15) is 27.7 Å². The van der Waals surface area contributed by atoms with E-state index < -0.39 is 0 Å². The molecule has 3 nitrogen and oxygen atoms in total. The zero-order chi connectivity index (χ0) is 11.3. The first kappa shape index (κ1) is 13.4. The first-order valence-electron chi connectivity index (χ1n) is 5.39. The summed E-state index contributed by atoms with van der Waals surface area (Å²) in [6.45, 7) is 10.4. The molecule has 0 amide bonds. The minimum absolute atomic E-state index is 0.319. The van der Waals surface area contributed by atoms with Crippen molar-refractivity contribution in [3.8, 4) is 0 Å². The molecule has 0 spiro atoms. The predicted molar refractivity (Wildman–Crippen MR) is 63.0 cm³/mol. The second-order valence-electron chi connectivity index (χ2n) is 4.44. The largest absolute Gasteiger partial charge is 0.357 e. The van der Waals surface area contributed by atoms with Gasteiger partial charge in [0.2, 0.25) is 0 Å². The van der Waals surface area contributed by atoms with Crippen molar-refractivity contribution in [3.63, 3.8) is 0 Å². The highest BCUT2D eigenvalue weighted by Crippen LogP contribution is 2.07. The first-order valence-corrected chi connectivity index (χ1v) is 5.39. The number of likely N-dealkylation sites (N-methyl/N-ethyl adjacent to an activating group) is 2. The third kappa shape index (κ3) is 4.09. The summed E-state index contributed by atoms with van der Waals surface area (Å²) in [6, 6.07) is 0.421. The fourth-order valence-corrected chi connectivity index (χ4v) is 1.68. The molecular weight excluding hydrogens is 174 g/mol. The molecule has 0 aromatic rings. The van der Waals surface area contributed by atoms with E-state index in [9.17, 15) is 0 Å². The minimum atomic E-state index is 0.319. The van der Waals surface area contributed by atoms with E-state index in [0.717, 1.165) is 18.9 Å². The van der Waals surface area contributed by atoms with E-state index in [2.05, 4.69) is 51.6 Å². The highest BCUT2D eigenvalue weighted by molar-refractivity contribution is 5.81. The molecule has 0 aliphatic carbocycles. The van der Waals surface area contributed by atoms with Gasteiger partial charge in [0.1, 0.15) is 0 Å². The molecule has 0 aliphatic heterocycles. The average molecular weight is 199 g/mol. The minimum Gasteiger partial charge on any atom is -0.357 e. The standard InChI is InChI=1S/C11H25N3/c1-7-14(11(12)9(2)3)10(4)8-13(5)6/h9-10,12H,7-8H2,1-6H3. The second kappa shape index (κ2) is 6.02. The van der Waals surface area contributed by atoms with Crippen LogP contribution in [-0.4, -0.2) is 48.9 Å². The number of nitrogens with one attached hydrogen (secondary N) is 1. The normalized spacial score (nSPS) is 13.4. The van der Waals surface area contributed by atoms with Crippen LogP contribution in [0.3, 0.4) is 0 Å². The molecule has 0 aliphatic rings. The SMILES string of the molecule is CCN(C(=N)C(C)C)C(C)CN(C)C. The van der Waals surface area contributed by atoms with Crippen LogP contribution in [0, 0.1) is 11.3 Å². The van der Waals surface area contributed by atoms with Gasteiger partial charge in [-0.05, 0) is 27.9 Å². The summed E-state index contributed by atoms with van der Waals surface area (Å²) < 4.78 is 0. The third-order valence-electron chi connectivity index (χ3n) is 2.36. The van der Waals surface area contributed by atoms with Crippen molar-refractivity contribution in [1.82, 2.24) is 9.80 Å². The summed E-state index contributed by atoms with van der Waals surface area (Å²) in [5.74, 6) is 1.07. The fraction of sp³-hybridized carbons (Fsp3) is 0.909. The lowest BCUT2D eigenvalue weighted by molar-refractivity contribution is 0.256. The van der Waals surface area contributed by atoms with Gasteiger partial charge in [0.25, 0.3) is 0 Å². The Hall–Kier alpha value is -0.570. The number of nitrogens with zero attached hydrogens (tertiary/aromatic N) is 2. The molecule has 84 valence electrons. The van der Waals surface area contributed by atoms with Gasteiger partial charge in [-0.15, -0.1) is 0 Å². The third-order valence-corrected chi connectivity index (χ3v) is 2.36. The van der Waals surface area contributed by atoms with Crippen LogP contribution < -0.4 is 0 Å². The Morgan fingerprint density at radius 3 is 2.00 bits per heavy atom. The van der Waals surface area contributed by atoms with Crippen molar-refractivity contribution in [3.05, 3.63) is 0 Å². The number of hydrogen-bond acceptors (Lipinski definition) is 2. The maximum Gasteiger partial charge on any atom is 0.0986 e. The lowest BCUT2D eigenvalue weighted by Gasteiger charge is -2.33. The van der Waals surface area contributed by atoms with Gasteiger partial charge in [0.05, 0.1) is 5.84 Å². The average Bonchev–Trinajstić information content (AvgIpc) is 2.03. The Labute approximate surface area is 88.6 Å². The Kier molecular flexibility index (Phi) is 5.77. The Morgan fingerprint density at radius 2 is 1.71 bits per heavy atom. The molecule has 0 radical (unpaired) electrons. The van der Waals surface area contributed by atoms with Crippen LogP contribution >= 0.6 is 0 Å². The summed E-state index contributed by atoms with van der Waals surface area (Å²) in [7, 11) is 4.15. The molecule has 1 atom stereocenters. The Bertz CT molecular complexity index is 175. The van der Waals surface area contributed by atoms with Crippen molar-refractivity contribution < 1.29 is 0 Å². The lowest BCUT2D eigenvalue weighted by atomic mass is 10.1. The smallest absolute Gasteiger partial charge is 0.0986 e. The molecule has 0 aromatic carbocycles. The molecule has 0 fully saturated rings. The quantitative estimate of drug-likeness (QED) is 0.541. The highest BCUT2D eigenvalue weighted by atomic mass is 15.2. The molecule has 1 unspecified atom stereocenters. The van der Waals surface area contributed by atoms with E-state index in [1.54, 1.807) is 0 Å². The van der Waals surface area contributed by atoms with E-state index in [-0.39, 0.29) is 0 Å². The molecule has 14 heavy (non-hydrogen) atoms.